The first-order valence-electron chi connectivity index (χ1n) is 8.81. The number of fused-ring (bicyclic) bond motifs is 3. The molecule has 0 saturated carbocycles. The molecular formula is C18H19N4+. The van der Waals surface area contributed by atoms with Gasteiger partial charge in [0.05, 0.1) is 23.6 Å². The highest BCUT2D eigenvalue weighted by molar-refractivity contribution is 5.95. The number of rotatable bonds is 1. The molecule has 4 heteroatoms. The molecule has 0 aliphatic carbocycles. The molecule has 2 aromatic heterocycles. The van der Waals surface area contributed by atoms with Crippen LogP contribution in [-0.2, 0) is 13.5 Å². The van der Waals surface area contributed by atoms with E-state index in [4.69, 9.17) is 4.11 Å². The standard InChI is InChI=1S/C18H19N4/c1-11-8-14-18(22-7-5-6-16(22)20-14)17(13(11)3)15-9-12(2)19-10-21(15)4/h5,7-10H,6H2,1-4H3/q+1/i1D3. The summed E-state index contributed by atoms with van der Waals surface area (Å²) in [6, 6.07) is 3.71. The minimum atomic E-state index is -2.18. The van der Waals surface area contributed by atoms with Crippen LogP contribution in [0.25, 0.3) is 28.5 Å². The predicted octanol–water partition coefficient (Wildman–Crippen LogP) is 2.87. The van der Waals surface area contributed by atoms with Crippen LogP contribution in [0, 0.1) is 20.7 Å². The van der Waals surface area contributed by atoms with E-state index in [0.717, 1.165) is 45.8 Å². The average molecular weight is 294 g/mol. The molecule has 3 heterocycles. The lowest BCUT2D eigenvalue weighted by atomic mass is 9.98. The highest BCUT2D eigenvalue weighted by Crippen LogP contribution is 2.34. The minimum absolute atomic E-state index is 0.352. The number of hydrogen-bond donors (Lipinski definition) is 0. The van der Waals surface area contributed by atoms with Crippen molar-refractivity contribution in [3.05, 3.63) is 47.2 Å². The fraction of sp³-hybridized carbons (Fsp3) is 0.278. The van der Waals surface area contributed by atoms with Crippen LogP contribution in [0.5, 0.6) is 0 Å². The average Bonchev–Trinajstić information content (AvgIpc) is 3.09. The number of benzene rings is 1. The molecule has 4 rings (SSSR count). The molecule has 0 spiro atoms. The number of nitrogens with zero attached hydrogens (tertiary/aromatic N) is 4. The van der Waals surface area contributed by atoms with Gasteiger partial charge in [0.15, 0.2) is 5.69 Å². The van der Waals surface area contributed by atoms with Crippen LogP contribution in [0.3, 0.4) is 0 Å². The Kier molecular flexibility index (Phi) is 2.10. The third kappa shape index (κ3) is 1.73. The van der Waals surface area contributed by atoms with Gasteiger partial charge in [-0.3, -0.25) is 0 Å². The molecule has 1 aromatic carbocycles. The SMILES string of the molecule is [2H]C([2H])([2H])c1cc2nc3n(c2c(-c2cc(C)nc[n+]2C)c1C)C=CC3. The number of aryl methyl sites for hydroxylation is 3. The number of allylic oxidation sites excluding steroid dienone is 1. The molecule has 0 N–H and O–H groups in total. The topological polar surface area (TPSA) is 34.6 Å². The van der Waals surface area contributed by atoms with Gasteiger partial charge in [-0.2, -0.15) is 0 Å². The van der Waals surface area contributed by atoms with E-state index in [1.807, 2.05) is 37.7 Å². The van der Waals surface area contributed by atoms with Crippen LogP contribution in [0.15, 0.2) is 24.5 Å². The summed E-state index contributed by atoms with van der Waals surface area (Å²) in [5.41, 5.74) is 5.51. The van der Waals surface area contributed by atoms with Crippen molar-refractivity contribution in [3.63, 3.8) is 0 Å². The first-order chi connectivity index (χ1) is 11.8. The first kappa shape index (κ1) is 10.3. The van der Waals surface area contributed by atoms with E-state index in [1.54, 1.807) is 12.4 Å². The summed E-state index contributed by atoms with van der Waals surface area (Å²) < 4.78 is 27.8. The summed E-state index contributed by atoms with van der Waals surface area (Å²) in [6.07, 6.45) is 6.60. The van der Waals surface area contributed by atoms with Gasteiger partial charge in [0.25, 0.3) is 6.33 Å². The lowest BCUT2D eigenvalue weighted by Gasteiger charge is -2.12. The van der Waals surface area contributed by atoms with E-state index in [-0.39, 0.29) is 0 Å². The van der Waals surface area contributed by atoms with Gasteiger partial charge in [0.1, 0.15) is 11.5 Å². The van der Waals surface area contributed by atoms with Crippen molar-refractivity contribution in [2.45, 2.75) is 27.1 Å². The molecule has 1 aliphatic rings. The van der Waals surface area contributed by atoms with Gasteiger partial charge >= 0.3 is 0 Å². The summed E-state index contributed by atoms with van der Waals surface area (Å²) in [5.74, 6) is 0.937. The summed E-state index contributed by atoms with van der Waals surface area (Å²) >= 11 is 0. The lowest BCUT2D eigenvalue weighted by Crippen LogP contribution is -2.32. The second kappa shape index (κ2) is 4.50. The van der Waals surface area contributed by atoms with E-state index in [0.29, 0.717) is 5.56 Å². The Morgan fingerprint density at radius 2 is 2.18 bits per heavy atom. The van der Waals surface area contributed by atoms with Gasteiger partial charge in [0, 0.05) is 29.7 Å². The molecule has 0 amide bonds. The van der Waals surface area contributed by atoms with Crippen molar-refractivity contribution in [1.29, 1.82) is 0 Å². The van der Waals surface area contributed by atoms with Gasteiger partial charge in [-0.1, -0.05) is 11.1 Å². The Morgan fingerprint density at radius 1 is 1.32 bits per heavy atom. The second-order valence-electron chi connectivity index (χ2n) is 5.81. The molecule has 3 aromatic rings. The van der Waals surface area contributed by atoms with Crippen molar-refractivity contribution in [2.24, 2.45) is 7.05 Å². The van der Waals surface area contributed by atoms with Gasteiger partial charge in [-0.15, -0.1) is 0 Å². The van der Waals surface area contributed by atoms with Gasteiger partial charge in [0.2, 0.25) is 0 Å². The highest BCUT2D eigenvalue weighted by Gasteiger charge is 2.22. The number of hydrogen-bond acceptors (Lipinski definition) is 2. The van der Waals surface area contributed by atoms with Crippen molar-refractivity contribution in [3.8, 4) is 11.3 Å². The normalized spacial score (nSPS) is 15.7. The van der Waals surface area contributed by atoms with Gasteiger partial charge in [-0.05, 0) is 31.0 Å². The van der Waals surface area contributed by atoms with Crippen molar-refractivity contribution < 1.29 is 8.68 Å². The van der Waals surface area contributed by atoms with Crippen LogP contribution < -0.4 is 4.57 Å². The Balaban J connectivity index is 2.19. The predicted molar refractivity (Wildman–Crippen MR) is 87.4 cm³/mol. The molecule has 0 saturated heterocycles. The Labute approximate surface area is 134 Å². The summed E-state index contributed by atoms with van der Waals surface area (Å²) in [5, 5.41) is 0. The molecule has 1 aliphatic heterocycles. The molecule has 4 nitrogen and oxygen atoms in total. The molecule has 110 valence electrons. The summed E-state index contributed by atoms with van der Waals surface area (Å²) in [4.78, 5) is 8.99. The quantitative estimate of drug-likeness (QED) is 0.647. The van der Waals surface area contributed by atoms with E-state index < -0.39 is 6.85 Å². The molecule has 22 heavy (non-hydrogen) atoms. The van der Waals surface area contributed by atoms with Crippen LogP contribution in [0.1, 0.15) is 26.8 Å². The van der Waals surface area contributed by atoms with Gasteiger partial charge in [-0.25, -0.2) is 9.55 Å². The fourth-order valence-electron chi connectivity index (χ4n) is 3.11. The maximum atomic E-state index is 7.93. The zero-order valence-corrected chi connectivity index (χ0v) is 12.9. The third-order valence-corrected chi connectivity index (χ3v) is 4.28. The zero-order valence-electron chi connectivity index (χ0n) is 15.9. The zero-order chi connectivity index (χ0) is 17.9. The highest BCUT2D eigenvalue weighted by atomic mass is 15.1. The van der Waals surface area contributed by atoms with Crippen molar-refractivity contribution in [2.75, 3.05) is 0 Å². The van der Waals surface area contributed by atoms with Crippen LogP contribution >= 0.6 is 0 Å². The Hall–Kier alpha value is -2.49. The van der Waals surface area contributed by atoms with Crippen molar-refractivity contribution in [1.82, 2.24) is 14.5 Å². The molecule has 0 radical (unpaired) electrons. The molecule has 0 bridgehead atoms. The summed E-state index contributed by atoms with van der Waals surface area (Å²) in [7, 11) is 1.92. The van der Waals surface area contributed by atoms with E-state index >= 15 is 0 Å². The number of aromatic nitrogens is 4. The minimum Gasteiger partial charge on any atom is -0.302 e. The van der Waals surface area contributed by atoms with Crippen LogP contribution in [0.4, 0.5) is 0 Å². The monoisotopic (exact) mass is 294 g/mol. The van der Waals surface area contributed by atoms with Gasteiger partial charge < -0.3 is 4.57 Å². The molecule has 0 atom stereocenters. The fourth-order valence-corrected chi connectivity index (χ4v) is 3.11. The van der Waals surface area contributed by atoms with E-state index in [1.165, 1.54) is 0 Å². The molecule has 0 unspecified atom stereocenters. The maximum absolute atomic E-state index is 7.93. The second-order valence-corrected chi connectivity index (χ2v) is 5.81. The lowest BCUT2D eigenvalue weighted by molar-refractivity contribution is -0.663. The maximum Gasteiger partial charge on any atom is 0.286 e. The van der Waals surface area contributed by atoms with Crippen LogP contribution in [0.2, 0.25) is 0 Å². The smallest absolute Gasteiger partial charge is 0.286 e. The molecule has 0 fully saturated rings. The third-order valence-electron chi connectivity index (χ3n) is 4.28. The summed E-state index contributed by atoms with van der Waals surface area (Å²) in [6.45, 7) is 1.63. The Morgan fingerprint density at radius 3 is 3.00 bits per heavy atom. The largest absolute Gasteiger partial charge is 0.302 e. The molecular weight excluding hydrogens is 272 g/mol. The van der Waals surface area contributed by atoms with Crippen LogP contribution in [-0.4, -0.2) is 14.5 Å². The van der Waals surface area contributed by atoms with E-state index in [9.17, 15) is 0 Å². The number of imidazole rings is 1. The van der Waals surface area contributed by atoms with Crippen molar-refractivity contribution >= 4 is 17.2 Å². The first-order valence-corrected chi connectivity index (χ1v) is 7.31. The Bertz CT molecular complexity index is 1040. The van der Waals surface area contributed by atoms with E-state index in [2.05, 4.69) is 20.6 Å².